The van der Waals surface area contributed by atoms with Crippen LogP contribution in [0, 0.1) is 0 Å². The summed E-state index contributed by atoms with van der Waals surface area (Å²) in [6.45, 7) is 6.46. The van der Waals surface area contributed by atoms with Crippen LogP contribution < -0.4 is 5.32 Å². The Morgan fingerprint density at radius 3 is 2.86 bits per heavy atom. The number of aromatic nitrogens is 2. The highest BCUT2D eigenvalue weighted by atomic mass is 32.1. The maximum atomic E-state index is 5.43. The zero-order chi connectivity index (χ0) is 14.7. The number of aryl methyl sites for hydroxylation is 2. The van der Waals surface area contributed by atoms with E-state index in [4.69, 9.17) is 14.7 Å². The summed E-state index contributed by atoms with van der Waals surface area (Å²) in [7, 11) is 0. The fourth-order valence-corrected chi connectivity index (χ4v) is 4.20. The van der Waals surface area contributed by atoms with Gasteiger partial charge < -0.3 is 10.1 Å². The summed E-state index contributed by atoms with van der Waals surface area (Å²) in [6.07, 6.45) is 5.76. The zero-order valence-corrected chi connectivity index (χ0v) is 13.7. The van der Waals surface area contributed by atoms with Crippen LogP contribution in [0.1, 0.15) is 43.0 Å². The molecule has 5 heteroatoms. The predicted octanol–water partition coefficient (Wildman–Crippen LogP) is 3.58. The van der Waals surface area contributed by atoms with E-state index in [0.717, 1.165) is 36.0 Å². The van der Waals surface area contributed by atoms with Gasteiger partial charge in [0, 0.05) is 24.4 Å². The first-order chi connectivity index (χ1) is 10.3. The van der Waals surface area contributed by atoms with Crippen LogP contribution in [0.15, 0.2) is 0 Å². The molecule has 0 amide bonds. The molecular formula is C16H23N3OS. The van der Waals surface area contributed by atoms with Gasteiger partial charge >= 0.3 is 0 Å². The Kier molecular flexibility index (Phi) is 4.70. The van der Waals surface area contributed by atoms with Crippen LogP contribution in [0.5, 0.6) is 0 Å². The van der Waals surface area contributed by atoms with Crippen molar-refractivity contribution in [1.29, 1.82) is 0 Å². The Morgan fingerprint density at radius 1 is 1.19 bits per heavy atom. The molecule has 0 aliphatic heterocycles. The van der Waals surface area contributed by atoms with Gasteiger partial charge in [0.05, 0.1) is 12.0 Å². The summed E-state index contributed by atoms with van der Waals surface area (Å²) in [5, 5.41) is 4.71. The first-order valence-corrected chi connectivity index (χ1v) is 8.77. The quantitative estimate of drug-likeness (QED) is 0.829. The molecule has 21 heavy (non-hydrogen) atoms. The lowest BCUT2D eigenvalue weighted by molar-refractivity contribution is 0.149. The second kappa shape index (κ2) is 6.71. The van der Waals surface area contributed by atoms with E-state index in [1.54, 1.807) is 0 Å². The summed E-state index contributed by atoms with van der Waals surface area (Å²) in [5.74, 6) is 1.92. The molecule has 2 aromatic rings. The van der Waals surface area contributed by atoms with Gasteiger partial charge in [0.25, 0.3) is 0 Å². The zero-order valence-electron chi connectivity index (χ0n) is 12.9. The van der Waals surface area contributed by atoms with Crippen molar-refractivity contribution in [1.82, 2.24) is 9.97 Å². The van der Waals surface area contributed by atoms with Gasteiger partial charge in [-0.2, -0.15) is 0 Å². The molecule has 1 N–H and O–H groups in total. The first kappa shape index (κ1) is 14.7. The van der Waals surface area contributed by atoms with E-state index < -0.39 is 0 Å². The number of nitrogens with one attached hydrogen (secondary N) is 1. The average Bonchev–Trinajstić information content (AvgIpc) is 2.86. The highest BCUT2D eigenvalue weighted by molar-refractivity contribution is 7.19. The summed E-state index contributed by atoms with van der Waals surface area (Å²) in [5.41, 5.74) is 1.49. The SMILES string of the molecule is CCNc1nc(CCOCC)nc2sc3c(c12)CCCC3. The molecule has 2 heterocycles. The molecule has 3 rings (SSSR count). The molecule has 114 valence electrons. The number of thiophene rings is 1. The van der Waals surface area contributed by atoms with Gasteiger partial charge in [-0.1, -0.05) is 0 Å². The van der Waals surface area contributed by atoms with E-state index in [1.165, 1.54) is 41.5 Å². The third-order valence-electron chi connectivity index (χ3n) is 3.88. The number of hydrogen-bond donors (Lipinski definition) is 1. The minimum atomic E-state index is 0.693. The third kappa shape index (κ3) is 3.04. The van der Waals surface area contributed by atoms with Crippen molar-refractivity contribution >= 4 is 27.4 Å². The fourth-order valence-electron chi connectivity index (χ4n) is 2.92. The summed E-state index contributed by atoms with van der Waals surface area (Å²) in [4.78, 5) is 12.2. The summed E-state index contributed by atoms with van der Waals surface area (Å²) >= 11 is 1.86. The van der Waals surface area contributed by atoms with Gasteiger partial charge in [-0.05, 0) is 45.1 Å². The van der Waals surface area contributed by atoms with Crippen molar-refractivity contribution in [2.24, 2.45) is 0 Å². The minimum Gasteiger partial charge on any atom is -0.381 e. The molecule has 4 nitrogen and oxygen atoms in total. The van der Waals surface area contributed by atoms with Crippen molar-refractivity contribution in [3.05, 3.63) is 16.3 Å². The van der Waals surface area contributed by atoms with Crippen LogP contribution in [0.2, 0.25) is 0 Å². The average molecular weight is 305 g/mol. The second-order valence-electron chi connectivity index (χ2n) is 5.36. The Hall–Kier alpha value is -1.20. The molecule has 0 spiro atoms. The maximum Gasteiger partial charge on any atom is 0.138 e. The van der Waals surface area contributed by atoms with E-state index >= 15 is 0 Å². The van der Waals surface area contributed by atoms with Crippen molar-refractivity contribution < 1.29 is 4.74 Å². The molecule has 0 atom stereocenters. The van der Waals surface area contributed by atoms with E-state index in [0.29, 0.717) is 6.61 Å². The molecular weight excluding hydrogens is 282 g/mol. The smallest absolute Gasteiger partial charge is 0.138 e. The van der Waals surface area contributed by atoms with Crippen LogP contribution in [0.3, 0.4) is 0 Å². The Balaban J connectivity index is 2.00. The highest BCUT2D eigenvalue weighted by Crippen LogP contribution is 2.38. The van der Waals surface area contributed by atoms with Crippen molar-refractivity contribution in [2.75, 3.05) is 25.1 Å². The predicted molar refractivity (Wildman–Crippen MR) is 88.4 cm³/mol. The summed E-state index contributed by atoms with van der Waals surface area (Å²) in [6, 6.07) is 0. The molecule has 1 aliphatic rings. The number of hydrogen-bond acceptors (Lipinski definition) is 5. The summed E-state index contributed by atoms with van der Waals surface area (Å²) < 4.78 is 5.43. The number of nitrogens with zero attached hydrogens (tertiary/aromatic N) is 2. The number of rotatable bonds is 6. The molecule has 0 saturated heterocycles. The van der Waals surface area contributed by atoms with Gasteiger partial charge in [0.15, 0.2) is 0 Å². The lowest BCUT2D eigenvalue weighted by atomic mass is 9.97. The van der Waals surface area contributed by atoms with Crippen LogP contribution in [-0.2, 0) is 24.0 Å². The molecule has 0 radical (unpaired) electrons. The Labute approximate surface area is 129 Å². The van der Waals surface area contributed by atoms with Gasteiger partial charge in [-0.15, -0.1) is 11.3 Å². The topological polar surface area (TPSA) is 47.0 Å². The molecule has 0 saturated carbocycles. The van der Waals surface area contributed by atoms with Gasteiger partial charge in [-0.3, -0.25) is 0 Å². The molecule has 1 aliphatic carbocycles. The largest absolute Gasteiger partial charge is 0.381 e. The van der Waals surface area contributed by atoms with Gasteiger partial charge in [0.1, 0.15) is 16.5 Å². The van der Waals surface area contributed by atoms with E-state index in [-0.39, 0.29) is 0 Å². The van der Waals surface area contributed by atoms with Crippen molar-refractivity contribution in [2.45, 2.75) is 46.0 Å². The van der Waals surface area contributed by atoms with Gasteiger partial charge in [0.2, 0.25) is 0 Å². The van der Waals surface area contributed by atoms with Crippen molar-refractivity contribution in [3.63, 3.8) is 0 Å². The Morgan fingerprint density at radius 2 is 2.05 bits per heavy atom. The van der Waals surface area contributed by atoms with Crippen LogP contribution >= 0.6 is 11.3 Å². The van der Waals surface area contributed by atoms with Gasteiger partial charge in [-0.25, -0.2) is 9.97 Å². The molecule has 2 aromatic heterocycles. The van der Waals surface area contributed by atoms with Crippen molar-refractivity contribution in [3.8, 4) is 0 Å². The van der Waals surface area contributed by atoms with E-state index in [9.17, 15) is 0 Å². The third-order valence-corrected chi connectivity index (χ3v) is 5.07. The number of anilines is 1. The maximum absolute atomic E-state index is 5.43. The van der Waals surface area contributed by atoms with E-state index in [1.807, 2.05) is 18.3 Å². The lowest BCUT2D eigenvalue weighted by Crippen LogP contribution is -2.08. The van der Waals surface area contributed by atoms with Crippen LogP contribution in [0.4, 0.5) is 5.82 Å². The van der Waals surface area contributed by atoms with Crippen LogP contribution in [0.25, 0.3) is 10.2 Å². The molecule has 0 fully saturated rings. The highest BCUT2D eigenvalue weighted by Gasteiger charge is 2.20. The molecule has 0 aromatic carbocycles. The second-order valence-corrected chi connectivity index (χ2v) is 6.44. The number of ether oxygens (including phenoxy) is 1. The van der Waals surface area contributed by atoms with E-state index in [2.05, 4.69) is 12.2 Å². The molecule has 0 bridgehead atoms. The first-order valence-electron chi connectivity index (χ1n) is 7.96. The monoisotopic (exact) mass is 305 g/mol. The number of fused-ring (bicyclic) bond motifs is 3. The minimum absolute atomic E-state index is 0.693. The lowest BCUT2D eigenvalue weighted by Gasteiger charge is -2.12. The normalized spacial score (nSPS) is 14.4. The molecule has 0 unspecified atom stereocenters. The Bertz CT molecular complexity index is 623. The standard InChI is InChI=1S/C16H23N3OS/c1-3-17-15-14-11-7-5-6-8-12(11)21-16(14)19-13(18-15)9-10-20-4-2/h3-10H2,1-2H3,(H,17,18,19). The van der Waals surface area contributed by atoms with Crippen LogP contribution in [-0.4, -0.2) is 29.7 Å². The fraction of sp³-hybridized carbons (Fsp3) is 0.625.